The molecule has 0 fully saturated rings. The van der Waals surface area contributed by atoms with E-state index in [9.17, 15) is 4.79 Å². The molecule has 0 saturated heterocycles. The molecule has 0 aliphatic carbocycles. The monoisotopic (exact) mass is 269 g/mol. The Bertz CT molecular complexity index is 405. The summed E-state index contributed by atoms with van der Waals surface area (Å²) in [7, 11) is 0. The fourth-order valence-electron chi connectivity index (χ4n) is 1.61. The highest BCUT2D eigenvalue weighted by molar-refractivity contribution is 6.17. The first kappa shape index (κ1) is 14.8. The maximum Gasteiger partial charge on any atom is 0.255 e. The molecule has 100 valence electrons. The summed E-state index contributed by atoms with van der Waals surface area (Å²) < 4.78 is 5.45. The Morgan fingerprint density at radius 3 is 2.67 bits per heavy atom. The molecule has 0 heterocycles. The SMILES string of the molecule is CCOc1ccccc1C(=O)NC(C)(C)CCCl. The topological polar surface area (TPSA) is 38.3 Å². The van der Waals surface area contributed by atoms with Crippen molar-refractivity contribution in [1.82, 2.24) is 5.32 Å². The molecule has 18 heavy (non-hydrogen) atoms. The van der Waals surface area contributed by atoms with Gasteiger partial charge in [-0.2, -0.15) is 0 Å². The molecule has 1 amide bonds. The van der Waals surface area contributed by atoms with Crippen molar-refractivity contribution in [2.24, 2.45) is 0 Å². The minimum absolute atomic E-state index is 0.130. The Hall–Kier alpha value is -1.22. The Balaban J connectivity index is 2.84. The number of carbonyl (C=O) groups is 1. The van der Waals surface area contributed by atoms with Crippen LogP contribution in [0.5, 0.6) is 5.75 Å². The van der Waals surface area contributed by atoms with Crippen molar-refractivity contribution in [2.75, 3.05) is 12.5 Å². The maximum atomic E-state index is 12.2. The number of benzene rings is 1. The van der Waals surface area contributed by atoms with E-state index >= 15 is 0 Å². The van der Waals surface area contributed by atoms with Gasteiger partial charge in [0, 0.05) is 11.4 Å². The number of halogens is 1. The predicted molar refractivity (Wildman–Crippen MR) is 74.5 cm³/mol. The Morgan fingerprint density at radius 1 is 1.39 bits per heavy atom. The molecule has 0 aromatic heterocycles. The summed E-state index contributed by atoms with van der Waals surface area (Å²) in [6.07, 6.45) is 0.719. The number of ether oxygens (including phenoxy) is 1. The molecule has 0 spiro atoms. The Kier molecular flexibility index (Phi) is 5.48. The second kappa shape index (κ2) is 6.64. The maximum absolute atomic E-state index is 12.2. The van der Waals surface area contributed by atoms with Crippen molar-refractivity contribution in [3.8, 4) is 5.75 Å². The third-order valence-corrected chi connectivity index (χ3v) is 2.79. The van der Waals surface area contributed by atoms with Crippen molar-refractivity contribution >= 4 is 17.5 Å². The molecule has 4 heteroatoms. The summed E-state index contributed by atoms with van der Waals surface area (Å²) in [5, 5.41) is 2.97. The van der Waals surface area contributed by atoms with Crippen LogP contribution >= 0.6 is 11.6 Å². The Morgan fingerprint density at radius 2 is 2.06 bits per heavy atom. The molecule has 0 saturated carbocycles. The third kappa shape index (κ3) is 4.22. The van der Waals surface area contributed by atoms with Gasteiger partial charge in [-0.1, -0.05) is 12.1 Å². The second-order valence-corrected chi connectivity index (χ2v) is 5.08. The zero-order valence-electron chi connectivity index (χ0n) is 11.1. The molecule has 0 radical (unpaired) electrons. The van der Waals surface area contributed by atoms with Gasteiger partial charge in [-0.05, 0) is 39.3 Å². The standard InChI is InChI=1S/C14H20ClNO2/c1-4-18-12-8-6-5-7-11(12)13(17)16-14(2,3)9-10-15/h5-8H,4,9-10H2,1-3H3,(H,16,17). The highest BCUT2D eigenvalue weighted by Gasteiger charge is 2.22. The van der Waals surface area contributed by atoms with E-state index in [0.717, 1.165) is 6.42 Å². The number of nitrogens with one attached hydrogen (secondary N) is 1. The van der Waals surface area contributed by atoms with Crippen molar-refractivity contribution in [3.05, 3.63) is 29.8 Å². The van der Waals surface area contributed by atoms with Gasteiger partial charge in [-0.25, -0.2) is 0 Å². The van der Waals surface area contributed by atoms with Crippen molar-refractivity contribution < 1.29 is 9.53 Å². The van der Waals surface area contributed by atoms with Crippen LogP contribution in [0.25, 0.3) is 0 Å². The van der Waals surface area contributed by atoms with Gasteiger partial charge in [-0.15, -0.1) is 11.6 Å². The number of hydrogen-bond donors (Lipinski definition) is 1. The zero-order valence-corrected chi connectivity index (χ0v) is 11.9. The molecule has 0 bridgehead atoms. The number of rotatable bonds is 6. The number of hydrogen-bond acceptors (Lipinski definition) is 2. The molecule has 1 rings (SSSR count). The lowest BCUT2D eigenvalue weighted by Crippen LogP contribution is -2.43. The number of carbonyl (C=O) groups excluding carboxylic acids is 1. The van der Waals surface area contributed by atoms with Gasteiger partial charge < -0.3 is 10.1 Å². The highest BCUT2D eigenvalue weighted by atomic mass is 35.5. The lowest BCUT2D eigenvalue weighted by Gasteiger charge is -2.25. The van der Waals surface area contributed by atoms with Crippen molar-refractivity contribution in [1.29, 1.82) is 0 Å². The Labute approximate surface area is 113 Å². The zero-order chi connectivity index (χ0) is 13.6. The summed E-state index contributed by atoms with van der Waals surface area (Å²) in [6.45, 7) is 6.34. The van der Waals surface area contributed by atoms with E-state index < -0.39 is 0 Å². The number of alkyl halides is 1. The molecule has 1 N–H and O–H groups in total. The van der Waals surface area contributed by atoms with E-state index in [0.29, 0.717) is 23.8 Å². The van der Waals surface area contributed by atoms with Crippen LogP contribution in [0.2, 0.25) is 0 Å². The summed E-state index contributed by atoms with van der Waals surface area (Å²) >= 11 is 5.72. The lowest BCUT2D eigenvalue weighted by molar-refractivity contribution is 0.0908. The fourth-order valence-corrected chi connectivity index (χ4v) is 2.08. The van der Waals surface area contributed by atoms with E-state index in [1.165, 1.54) is 0 Å². The molecule has 0 aliphatic heterocycles. The molecule has 0 atom stereocenters. The molecule has 0 unspecified atom stereocenters. The second-order valence-electron chi connectivity index (χ2n) is 4.71. The molecule has 3 nitrogen and oxygen atoms in total. The average molecular weight is 270 g/mol. The van der Waals surface area contributed by atoms with E-state index in [2.05, 4.69) is 5.32 Å². The summed E-state index contributed by atoms with van der Waals surface area (Å²) in [5.41, 5.74) is 0.236. The first-order valence-corrected chi connectivity index (χ1v) is 6.64. The number of para-hydroxylation sites is 1. The van der Waals surface area contributed by atoms with Crippen molar-refractivity contribution in [2.45, 2.75) is 32.7 Å². The normalized spacial score (nSPS) is 11.1. The van der Waals surface area contributed by atoms with Gasteiger partial charge >= 0.3 is 0 Å². The van der Waals surface area contributed by atoms with Gasteiger partial charge in [0.15, 0.2) is 0 Å². The van der Waals surface area contributed by atoms with E-state index in [1.54, 1.807) is 12.1 Å². The summed E-state index contributed by atoms with van der Waals surface area (Å²) in [5.74, 6) is 0.994. The van der Waals surface area contributed by atoms with E-state index in [1.807, 2.05) is 32.9 Å². The van der Waals surface area contributed by atoms with E-state index in [-0.39, 0.29) is 11.4 Å². The predicted octanol–water partition coefficient (Wildman–Crippen LogP) is 3.22. The minimum atomic E-state index is -0.321. The van der Waals surface area contributed by atoms with Crippen LogP contribution in [0.3, 0.4) is 0 Å². The van der Waals surface area contributed by atoms with Crippen LogP contribution in [0.4, 0.5) is 0 Å². The largest absolute Gasteiger partial charge is 0.493 e. The minimum Gasteiger partial charge on any atom is -0.493 e. The third-order valence-electron chi connectivity index (χ3n) is 2.60. The van der Waals surface area contributed by atoms with Gasteiger partial charge in [0.1, 0.15) is 5.75 Å². The smallest absolute Gasteiger partial charge is 0.255 e. The van der Waals surface area contributed by atoms with Gasteiger partial charge in [-0.3, -0.25) is 4.79 Å². The summed E-state index contributed by atoms with van der Waals surface area (Å²) in [6, 6.07) is 7.24. The van der Waals surface area contributed by atoms with Gasteiger partial charge in [0.25, 0.3) is 5.91 Å². The lowest BCUT2D eigenvalue weighted by atomic mass is 10.0. The summed E-state index contributed by atoms with van der Waals surface area (Å²) in [4.78, 5) is 12.2. The molecule has 1 aromatic carbocycles. The first-order valence-electron chi connectivity index (χ1n) is 6.10. The molecular weight excluding hydrogens is 250 g/mol. The van der Waals surface area contributed by atoms with E-state index in [4.69, 9.17) is 16.3 Å². The van der Waals surface area contributed by atoms with Crippen LogP contribution < -0.4 is 10.1 Å². The molecule has 1 aromatic rings. The van der Waals surface area contributed by atoms with Gasteiger partial charge in [0.05, 0.1) is 12.2 Å². The van der Waals surface area contributed by atoms with Crippen molar-refractivity contribution in [3.63, 3.8) is 0 Å². The fraction of sp³-hybridized carbons (Fsp3) is 0.500. The van der Waals surface area contributed by atoms with Gasteiger partial charge in [0.2, 0.25) is 0 Å². The van der Waals surface area contributed by atoms with Crippen LogP contribution in [-0.2, 0) is 0 Å². The highest BCUT2D eigenvalue weighted by Crippen LogP contribution is 2.19. The first-order chi connectivity index (χ1) is 8.50. The van der Waals surface area contributed by atoms with Crippen LogP contribution in [0, 0.1) is 0 Å². The van der Waals surface area contributed by atoms with Crippen LogP contribution in [-0.4, -0.2) is 23.9 Å². The molecular formula is C14H20ClNO2. The quantitative estimate of drug-likeness (QED) is 0.806. The number of amides is 1. The average Bonchev–Trinajstić information content (AvgIpc) is 2.29. The van der Waals surface area contributed by atoms with Crippen LogP contribution in [0.15, 0.2) is 24.3 Å². The van der Waals surface area contributed by atoms with Crippen LogP contribution in [0.1, 0.15) is 37.6 Å². The molecule has 0 aliphatic rings.